The van der Waals surface area contributed by atoms with Crippen molar-refractivity contribution >= 4 is 18.2 Å². The molecule has 0 heterocycles. The Hall–Kier alpha value is -1.99. The minimum atomic E-state index is -0.782. The molecule has 6 rings (SSSR count). The molecule has 4 saturated carbocycles. The van der Waals surface area contributed by atoms with Gasteiger partial charge in [-0.25, -0.2) is 0 Å². The smallest absolute Gasteiger partial charge is 0.309 e. The van der Waals surface area contributed by atoms with Crippen LogP contribution < -0.4 is 5.32 Å². The zero-order chi connectivity index (χ0) is 38.1. The van der Waals surface area contributed by atoms with Gasteiger partial charge in [-0.15, -0.1) is 0 Å². The fraction of sp³-hybridized carbons (Fsp3) is 0.844. The molecule has 7 nitrogen and oxygen atoms in total. The average molecular weight is 720 g/mol. The van der Waals surface area contributed by atoms with Crippen molar-refractivity contribution in [2.24, 2.45) is 50.7 Å². The molecule has 9 atom stereocenters. The summed E-state index contributed by atoms with van der Waals surface area (Å²) < 4.78 is 0. The van der Waals surface area contributed by atoms with Gasteiger partial charge in [-0.05, 0) is 161 Å². The highest BCUT2D eigenvalue weighted by Crippen LogP contribution is 2.76. The van der Waals surface area contributed by atoms with Gasteiger partial charge in [0.15, 0.2) is 0 Å². The van der Waals surface area contributed by atoms with Gasteiger partial charge in [0.1, 0.15) is 6.29 Å². The minimum absolute atomic E-state index is 0.0512. The lowest BCUT2D eigenvalue weighted by Gasteiger charge is -2.72. The second-order valence-electron chi connectivity index (χ2n) is 20.8. The number of nitrogens with zero attached hydrogens (tertiary/aromatic N) is 2. The predicted molar refractivity (Wildman–Crippen MR) is 210 cm³/mol. The van der Waals surface area contributed by atoms with Gasteiger partial charge in [0.2, 0.25) is 5.91 Å². The molecule has 6 aliphatic rings. The fourth-order valence-electron chi connectivity index (χ4n) is 14.2. The van der Waals surface area contributed by atoms with E-state index in [1.807, 2.05) is 20.8 Å². The van der Waals surface area contributed by atoms with Crippen LogP contribution >= 0.6 is 0 Å². The molecule has 0 spiro atoms. The number of nitrogens with one attached hydrogen (secondary N) is 1. The maximum Gasteiger partial charge on any atom is 0.309 e. The number of hydrogen-bond acceptors (Lipinski definition) is 5. The Morgan fingerprint density at radius 3 is 2.23 bits per heavy atom. The molecule has 2 N–H and O–H groups in total. The van der Waals surface area contributed by atoms with Crippen molar-refractivity contribution in [1.29, 1.82) is 0 Å². The Labute approximate surface area is 316 Å². The predicted octanol–water partition coefficient (Wildman–Crippen LogP) is 8.68. The molecule has 292 valence electrons. The number of allylic oxidation sites excluding steroid dienone is 4. The van der Waals surface area contributed by atoms with E-state index in [1.165, 1.54) is 68.9 Å². The van der Waals surface area contributed by atoms with E-state index in [-0.39, 0.29) is 22.3 Å². The van der Waals surface area contributed by atoms with Crippen LogP contribution in [0.5, 0.6) is 0 Å². The Morgan fingerprint density at radius 2 is 1.60 bits per heavy atom. The van der Waals surface area contributed by atoms with Crippen LogP contribution in [0, 0.1) is 50.7 Å². The van der Waals surface area contributed by atoms with Gasteiger partial charge in [-0.3, -0.25) is 9.59 Å². The molecule has 0 aromatic carbocycles. The standard InChI is InChI=1S/C45H73N3O4/c1-31(50)48(39(2,3)30-49)29-28-47(10)27-26-46-45-19-11-12-35(45)34-13-14-37-42(7)22-17-33(32-15-20-41(6,21-16-32)38(51)52)40(4,5)36(42)18-23-44(37,9)43(34,8)24-25-45/h15,17,30,34-37,46H,11-14,16,18-29H2,1-10H3,(H,51,52)/t34-,35?,36?,37?,41?,42?,43-,44?,45?/m1/s1. The maximum atomic E-state index is 12.3. The lowest BCUT2D eigenvalue weighted by Crippen LogP contribution is -2.67. The first-order valence-corrected chi connectivity index (χ1v) is 21.0. The number of hydrogen-bond donors (Lipinski definition) is 2. The van der Waals surface area contributed by atoms with Crippen molar-refractivity contribution in [3.05, 3.63) is 23.3 Å². The third-order valence-electron chi connectivity index (χ3n) is 17.6. The van der Waals surface area contributed by atoms with Crippen LogP contribution in [0.3, 0.4) is 0 Å². The largest absolute Gasteiger partial charge is 0.481 e. The zero-order valence-electron chi connectivity index (χ0n) is 34.6. The molecule has 0 saturated heterocycles. The van der Waals surface area contributed by atoms with Gasteiger partial charge in [-0.2, -0.15) is 0 Å². The van der Waals surface area contributed by atoms with Gasteiger partial charge in [-0.1, -0.05) is 53.2 Å². The summed E-state index contributed by atoms with van der Waals surface area (Å²) in [5, 5.41) is 14.1. The van der Waals surface area contributed by atoms with Crippen LogP contribution in [0.1, 0.15) is 146 Å². The SMILES string of the molecule is CC(=O)N(CCN(C)CCNC12CCCC1[C@H]1CCC3C4(C)CC=C(C5=CCC(C)(C(=O)O)CC5)C(C)(C)C4CCC3(C)[C@]1(C)CC2)C(C)(C)C=O. The second-order valence-corrected chi connectivity index (χ2v) is 20.8. The third kappa shape index (κ3) is 6.18. The highest BCUT2D eigenvalue weighted by Gasteiger charge is 2.69. The van der Waals surface area contributed by atoms with E-state index in [1.54, 1.807) is 11.8 Å². The van der Waals surface area contributed by atoms with E-state index in [9.17, 15) is 19.5 Å². The van der Waals surface area contributed by atoms with Crippen molar-refractivity contribution in [2.45, 2.75) is 157 Å². The number of aldehydes is 1. The van der Waals surface area contributed by atoms with E-state index in [0.29, 0.717) is 29.7 Å². The molecule has 1 amide bonds. The van der Waals surface area contributed by atoms with Crippen molar-refractivity contribution in [2.75, 3.05) is 33.2 Å². The fourth-order valence-corrected chi connectivity index (χ4v) is 14.2. The third-order valence-corrected chi connectivity index (χ3v) is 17.6. The zero-order valence-corrected chi connectivity index (χ0v) is 34.6. The molecule has 0 aliphatic heterocycles. The molecule has 6 aliphatic carbocycles. The summed E-state index contributed by atoms with van der Waals surface area (Å²) in [6, 6.07) is 0. The summed E-state index contributed by atoms with van der Waals surface area (Å²) in [7, 11) is 2.14. The number of carboxylic acid groups (broad SMARTS) is 1. The monoisotopic (exact) mass is 720 g/mol. The van der Waals surface area contributed by atoms with Gasteiger partial charge in [0, 0.05) is 38.6 Å². The highest BCUT2D eigenvalue weighted by molar-refractivity contribution is 5.79. The summed E-state index contributed by atoms with van der Waals surface area (Å²) in [4.78, 5) is 39.9. The van der Waals surface area contributed by atoms with E-state index < -0.39 is 16.9 Å². The first-order chi connectivity index (χ1) is 24.2. The number of carboxylic acids is 1. The molecule has 52 heavy (non-hydrogen) atoms. The van der Waals surface area contributed by atoms with E-state index >= 15 is 0 Å². The number of fused-ring (bicyclic) bond motifs is 7. The lowest BCUT2D eigenvalue weighted by atomic mass is 9.33. The molecular weight excluding hydrogens is 647 g/mol. The van der Waals surface area contributed by atoms with E-state index in [4.69, 9.17) is 0 Å². The molecule has 0 bridgehead atoms. The topological polar surface area (TPSA) is 90.0 Å². The number of carbonyl (C=O) groups excluding carboxylic acids is 2. The van der Waals surface area contributed by atoms with Crippen molar-refractivity contribution in [1.82, 2.24) is 15.1 Å². The summed E-state index contributed by atoms with van der Waals surface area (Å²) in [5.41, 5.74) is 2.85. The molecule has 0 aromatic heterocycles. The van der Waals surface area contributed by atoms with Crippen molar-refractivity contribution < 1.29 is 19.5 Å². The van der Waals surface area contributed by atoms with Crippen LogP contribution in [-0.4, -0.2) is 77.4 Å². The van der Waals surface area contributed by atoms with Crippen LogP contribution in [0.15, 0.2) is 23.3 Å². The van der Waals surface area contributed by atoms with Gasteiger partial charge >= 0.3 is 5.97 Å². The van der Waals surface area contributed by atoms with Gasteiger partial charge in [0.25, 0.3) is 0 Å². The van der Waals surface area contributed by atoms with Gasteiger partial charge < -0.3 is 25.0 Å². The van der Waals surface area contributed by atoms with E-state index in [2.05, 4.69) is 64.0 Å². The number of carbonyl (C=O) groups is 3. The maximum absolute atomic E-state index is 12.3. The van der Waals surface area contributed by atoms with Crippen LogP contribution in [0.2, 0.25) is 0 Å². The number of amides is 1. The molecule has 0 radical (unpaired) electrons. The Morgan fingerprint density at radius 1 is 0.865 bits per heavy atom. The van der Waals surface area contributed by atoms with Gasteiger partial charge in [0.05, 0.1) is 11.0 Å². The summed E-state index contributed by atoms with van der Waals surface area (Å²) >= 11 is 0. The Bertz CT molecular complexity index is 1480. The van der Waals surface area contributed by atoms with Crippen molar-refractivity contribution in [3.63, 3.8) is 0 Å². The van der Waals surface area contributed by atoms with Crippen LogP contribution in [0.4, 0.5) is 0 Å². The normalized spacial score (nSPS) is 41.1. The summed E-state index contributed by atoms with van der Waals surface area (Å²) in [6.45, 7) is 23.5. The van der Waals surface area contributed by atoms with Crippen LogP contribution in [0.25, 0.3) is 0 Å². The average Bonchev–Trinajstić information content (AvgIpc) is 3.49. The van der Waals surface area contributed by atoms with Crippen LogP contribution in [-0.2, 0) is 14.4 Å². The second kappa shape index (κ2) is 13.6. The first kappa shape index (κ1) is 39.7. The molecule has 4 fully saturated rings. The number of likely N-dealkylation sites (N-methyl/N-ethyl adjacent to an activating group) is 1. The quantitative estimate of drug-likeness (QED) is 0.208. The van der Waals surface area contributed by atoms with Crippen molar-refractivity contribution in [3.8, 4) is 0 Å². The minimum Gasteiger partial charge on any atom is -0.481 e. The molecular formula is C45H73N3O4. The number of aliphatic carboxylic acids is 1. The Balaban J connectivity index is 1.14. The lowest BCUT2D eigenvalue weighted by molar-refractivity contribution is -0.218. The number of rotatable bonds is 11. The molecule has 7 heteroatoms. The summed E-state index contributed by atoms with van der Waals surface area (Å²) in [6.07, 6.45) is 21.1. The first-order valence-electron chi connectivity index (χ1n) is 21.0. The highest BCUT2D eigenvalue weighted by atomic mass is 16.4. The Kier molecular flexibility index (Phi) is 10.4. The molecule has 0 aromatic rings. The molecule has 7 unspecified atom stereocenters. The van der Waals surface area contributed by atoms with E-state index in [0.717, 1.165) is 62.9 Å². The summed E-state index contributed by atoms with van der Waals surface area (Å²) in [5.74, 6) is 2.17.